The molecule has 0 fully saturated rings. The van der Waals surface area contributed by atoms with Crippen LogP contribution in [0.5, 0.6) is 0 Å². The summed E-state index contributed by atoms with van der Waals surface area (Å²) in [5.41, 5.74) is 3.91. The van der Waals surface area contributed by atoms with Crippen molar-refractivity contribution in [1.29, 1.82) is 0 Å². The molecule has 2 rings (SSSR count). The Hall–Kier alpha value is -1.55. The lowest BCUT2D eigenvalue weighted by Gasteiger charge is -2.20. The zero-order valence-corrected chi connectivity index (χ0v) is 12.8. The van der Waals surface area contributed by atoms with Crippen molar-refractivity contribution in [3.8, 4) is 0 Å². The van der Waals surface area contributed by atoms with Crippen molar-refractivity contribution in [2.24, 2.45) is 0 Å². The fourth-order valence-electron chi connectivity index (χ4n) is 2.17. The van der Waals surface area contributed by atoms with Gasteiger partial charge in [-0.1, -0.05) is 17.7 Å². The number of aryl methyl sites for hydroxylation is 2. The predicted octanol–water partition coefficient (Wildman–Crippen LogP) is 3.83. The number of thiazole rings is 1. The third-order valence-corrected chi connectivity index (χ3v) is 3.98. The molecular weight excluding hydrogens is 254 g/mol. The Labute approximate surface area is 119 Å². The van der Waals surface area contributed by atoms with Gasteiger partial charge >= 0.3 is 0 Å². The van der Waals surface area contributed by atoms with E-state index in [0.717, 1.165) is 18.2 Å². The Morgan fingerprint density at radius 2 is 2.11 bits per heavy atom. The van der Waals surface area contributed by atoms with Crippen LogP contribution in [0.2, 0.25) is 0 Å². The van der Waals surface area contributed by atoms with Crippen LogP contribution in [0.3, 0.4) is 0 Å². The molecule has 3 nitrogen and oxygen atoms in total. The van der Waals surface area contributed by atoms with Crippen LogP contribution in [0.15, 0.2) is 24.4 Å². The summed E-state index contributed by atoms with van der Waals surface area (Å²) >= 11 is 1.73. The summed E-state index contributed by atoms with van der Waals surface area (Å²) in [6.45, 7) is 8.19. The Kier molecular flexibility index (Phi) is 4.43. The number of benzene rings is 1. The van der Waals surface area contributed by atoms with Gasteiger partial charge in [-0.15, -0.1) is 11.3 Å². The van der Waals surface area contributed by atoms with Gasteiger partial charge in [0.1, 0.15) is 0 Å². The van der Waals surface area contributed by atoms with Crippen LogP contribution in [0.25, 0.3) is 0 Å². The smallest absolute Gasteiger partial charge is 0.182 e. The van der Waals surface area contributed by atoms with E-state index in [1.54, 1.807) is 11.3 Å². The summed E-state index contributed by atoms with van der Waals surface area (Å²) in [4.78, 5) is 7.92. The highest BCUT2D eigenvalue weighted by molar-refractivity contribution is 7.15. The minimum Gasteiger partial charge on any atom is -0.369 e. The number of nitrogens with one attached hydrogen (secondary N) is 1. The van der Waals surface area contributed by atoms with E-state index in [1.807, 2.05) is 6.20 Å². The standard InChI is InChI=1S/C15H21N3S/c1-5-16-15-17-9-13(19-15)10-18(4)14-7-6-11(2)8-12(14)3/h6-9H,5,10H2,1-4H3,(H,16,17). The lowest BCUT2D eigenvalue weighted by Crippen LogP contribution is -2.16. The molecule has 1 aromatic heterocycles. The van der Waals surface area contributed by atoms with Gasteiger partial charge in [0.15, 0.2) is 5.13 Å². The third kappa shape index (κ3) is 3.47. The molecule has 0 saturated carbocycles. The highest BCUT2D eigenvalue weighted by Crippen LogP contribution is 2.24. The van der Waals surface area contributed by atoms with Gasteiger partial charge in [0.2, 0.25) is 0 Å². The largest absolute Gasteiger partial charge is 0.369 e. The summed E-state index contributed by atoms with van der Waals surface area (Å²) in [6.07, 6.45) is 1.96. The van der Waals surface area contributed by atoms with E-state index in [1.165, 1.54) is 21.7 Å². The Balaban J connectivity index is 2.09. The summed E-state index contributed by atoms with van der Waals surface area (Å²) in [6, 6.07) is 6.58. The maximum Gasteiger partial charge on any atom is 0.182 e. The molecule has 4 heteroatoms. The van der Waals surface area contributed by atoms with Crippen LogP contribution < -0.4 is 10.2 Å². The molecule has 0 atom stereocenters. The van der Waals surface area contributed by atoms with E-state index >= 15 is 0 Å². The molecule has 0 spiro atoms. The second kappa shape index (κ2) is 6.06. The van der Waals surface area contributed by atoms with E-state index < -0.39 is 0 Å². The van der Waals surface area contributed by atoms with Crippen LogP contribution in [-0.4, -0.2) is 18.6 Å². The van der Waals surface area contributed by atoms with Crippen molar-refractivity contribution < 1.29 is 0 Å². The molecule has 0 amide bonds. The molecule has 19 heavy (non-hydrogen) atoms. The first kappa shape index (κ1) is 13.9. The molecule has 2 aromatic rings. The summed E-state index contributed by atoms with van der Waals surface area (Å²) < 4.78 is 0. The van der Waals surface area contributed by atoms with Crippen molar-refractivity contribution in [2.75, 3.05) is 23.8 Å². The molecule has 1 heterocycles. The maximum atomic E-state index is 4.37. The first-order chi connectivity index (χ1) is 9.10. The average molecular weight is 275 g/mol. The van der Waals surface area contributed by atoms with Gasteiger partial charge in [-0.25, -0.2) is 4.98 Å². The molecule has 0 unspecified atom stereocenters. The number of aromatic nitrogens is 1. The second-order valence-corrected chi connectivity index (χ2v) is 5.92. The number of hydrogen-bond donors (Lipinski definition) is 1. The van der Waals surface area contributed by atoms with Crippen LogP contribution >= 0.6 is 11.3 Å². The predicted molar refractivity (Wildman–Crippen MR) is 84.3 cm³/mol. The van der Waals surface area contributed by atoms with E-state index in [4.69, 9.17) is 0 Å². The van der Waals surface area contributed by atoms with Crippen LogP contribution in [-0.2, 0) is 6.54 Å². The van der Waals surface area contributed by atoms with Gasteiger partial charge in [0.25, 0.3) is 0 Å². The van der Waals surface area contributed by atoms with E-state index in [0.29, 0.717) is 0 Å². The number of rotatable bonds is 5. The lowest BCUT2D eigenvalue weighted by molar-refractivity contribution is 0.930. The molecule has 0 aliphatic heterocycles. The molecule has 1 aromatic carbocycles. The molecule has 0 radical (unpaired) electrons. The molecule has 0 aliphatic rings. The summed E-state index contributed by atoms with van der Waals surface area (Å²) in [7, 11) is 2.13. The van der Waals surface area contributed by atoms with E-state index in [-0.39, 0.29) is 0 Å². The number of anilines is 2. The Morgan fingerprint density at radius 3 is 2.79 bits per heavy atom. The Bertz CT molecular complexity index is 548. The second-order valence-electron chi connectivity index (χ2n) is 4.81. The minimum atomic E-state index is 0.896. The quantitative estimate of drug-likeness (QED) is 0.899. The van der Waals surface area contributed by atoms with Crippen LogP contribution in [0, 0.1) is 13.8 Å². The highest BCUT2D eigenvalue weighted by atomic mass is 32.1. The van der Waals surface area contributed by atoms with Crippen molar-refractivity contribution in [1.82, 2.24) is 4.98 Å². The topological polar surface area (TPSA) is 28.2 Å². The summed E-state index contributed by atoms with van der Waals surface area (Å²) in [5, 5.41) is 4.25. The van der Waals surface area contributed by atoms with E-state index in [2.05, 4.69) is 61.2 Å². The highest BCUT2D eigenvalue weighted by Gasteiger charge is 2.08. The van der Waals surface area contributed by atoms with Crippen molar-refractivity contribution >= 4 is 22.2 Å². The van der Waals surface area contributed by atoms with Crippen LogP contribution in [0.1, 0.15) is 22.9 Å². The molecule has 102 valence electrons. The van der Waals surface area contributed by atoms with Gasteiger partial charge in [-0.3, -0.25) is 0 Å². The fraction of sp³-hybridized carbons (Fsp3) is 0.400. The minimum absolute atomic E-state index is 0.896. The molecule has 1 N–H and O–H groups in total. The number of hydrogen-bond acceptors (Lipinski definition) is 4. The van der Waals surface area contributed by atoms with Gasteiger partial charge in [0, 0.05) is 30.4 Å². The van der Waals surface area contributed by atoms with Gasteiger partial charge in [-0.2, -0.15) is 0 Å². The third-order valence-electron chi connectivity index (χ3n) is 3.04. The fourth-order valence-corrected chi connectivity index (χ4v) is 3.10. The molecule has 0 aliphatic carbocycles. The molecule has 0 saturated heterocycles. The lowest BCUT2D eigenvalue weighted by atomic mass is 10.1. The molecular formula is C15H21N3S. The van der Waals surface area contributed by atoms with Gasteiger partial charge in [-0.05, 0) is 32.4 Å². The zero-order chi connectivity index (χ0) is 13.8. The van der Waals surface area contributed by atoms with Crippen molar-refractivity contribution in [2.45, 2.75) is 27.3 Å². The molecule has 0 bridgehead atoms. The van der Waals surface area contributed by atoms with Crippen molar-refractivity contribution in [3.63, 3.8) is 0 Å². The van der Waals surface area contributed by atoms with Gasteiger partial charge in [0.05, 0.1) is 6.54 Å². The number of nitrogens with zero attached hydrogens (tertiary/aromatic N) is 2. The monoisotopic (exact) mass is 275 g/mol. The summed E-state index contributed by atoms with van der Waals surface area (Å²) in [5.74, 6) is 0. The first-order valence-corrected chi connectivity index (χ1v) is 7.38. The van der Waals surface area contributed by atoms with Gasteiger partial charge < -0.3 is 10.2 Å². The normalized spacial score (nSPS) is 10.5. The maximum absolute atomic E-state index is 4.37. The zero-order valence-electron chi connectivity index (χ0n) is 12.0. The van der Waals surface area contributed by atoms with Crippen molar-refractivity contribution in [3.05, 3.63) is 40.4 Å². The average Bonchev–Trinajstić information content (AvgIpc) is 2.76. The SMILES string of the molecule is CCNc1ncc(CN(C)c2ccc(C)cc2C)s1. The first-order valence-electron chi connectivity index (χ1n) is 6.57. The van der Waals surface area contributed by atoms with E-state index in [9.17, 15) is 0 Å². The van der Waals surface area contributed by atoms with Crippen LogP contribution in [0.4, 0.5) is 10.8 Å². The Morgan fingerprint density at radius 1 is 1.32 bits per heavy atom.